The van der Waals surface area contributed by atoms with Gasteiger partial charge in [-0.25, -0.2) is 4.79 Å². The van der Waals surface area contributed by atoms with Crippen molar-refractivity contribution in [2.75, 3.05) is 0 Å². The summed E-state index contributed by atoms with van der Waals surface area (Å²) in [5, 5.41) is 9.24. The predicted octanol–water partition coefficient (Wildman–Crippen LogP) is 7.15. The zero-order valence-corrected chi connectivity index (χ0v) is 20.9. The SMILES string of the molecule is CC(=CCC(c1ccc(C(F)(F)F)cc1)N(Cc1ccc(C(F)(F)F)cc1)[S+]([O-])C(C)(C)C)C(=O)O. The highest BCUT2D eigenvalue weighted by atomic mass is 32.2. The van der Waals surface area contributed by atoms with Gasteiger partial charge in [0, 0.05) is 16.9 Å². The van der Waals surface area contributed by atoms with Crippen molar-refractivity contribution in [1.82, 2.24) is 4.31 Å². The molecule has 2 aromatic rings. The number of halogens is 6. The van der Waals surface area contributed by atoms with Gasteiger partial charge in [-0.3, -0.25) is 0 Å². The molecule has 198 valence electrons. The Morgan fingerprint density at radius 1 is 0.944 bits per heavy atom. The molecular formula is C25H27F6NO3S. The quantitative estimate of drug-likeness (QED) is 0.222. The monoisotopic (exact) mass is 535 g/mol. The molecule has 0 aromatic heterocycles. The molecule has 11 heteroatoms. The summed E-state index contributed by atoms with van der Waals surface area (Å²) in [5.41, 5.74) is -0.996. The standard InChI is InChI=1S/C25H27F6NO3S/c1-16(22(33)34)5-14-21(18-8-12-20(13-9-18)25(29,30)31)32(36(35)23(2,3)4)15-17-6-10-19(11-7-17)24(26,27)28/h5-13,21H,14-15H2,1-4H3,(H,33,34). The van der Waals surface area contributed by atoms with E-state index in [9.17, 15) is 40.8 Å². The first kappa shape index (κ1) is 29.7. The number of aliphatic carboxylic acids is 1. The molecule has 2 aromatic carbocycles. The summed E-state index contributed by atoms with van der Waals surface area (Å²) in [6.45, 7) is 6.32. The van der Waals surface area contributed by atoms with Gasteiger partial charge in [0.05, 0.1) is 23.7 Å². The molecule has 0 saturated heterocycles. The summed E-state index contributed by atoms with van der Waals surface area (Å²) in [6, 6.07) is 7.69. The van der Waals surface area contributed by atoms with Gasteiger partial charge in [-0.1, -0.05) is 30.3 Å². The molecule has 0 aliphatic rings. The third-order valence-electron chi connectivity index (χ3n) is 5.31. The average Bonchev–Trinajstić information content (AvgIpc) is 2.76. The Hall–Kier alpha value is -2.50. The number of rotatable bonds is 8. The van der Waals surface area contributed by atoms with Gasteiger partial charge in [0.25, 0.3) is 0 Å². The fraction of sp³-hybridized carbons (Fsp3) is 0.400. The second-order valence-corrected chi connectivity index (χ2v) is 11.4. The van der Waals surface area contributed by atoms with E-state index in [1.54, 1.807) is 20.8 Å². The lowest BCUT2D eigenvalue weighted by molar-refractivity contribution is -0.138. The average molecular weight is 536 g/mol. The van der Waals surface area contributed by atoms with Crippen molar-refractivity contribution >= 4 is 17.3 Å². The van der Waals surface area contributed by atoms with E-state index >= 15 is 0 Å². The highest BCUT2D eigenvalue weighted by Gasteiger charge is 2.39. The number of alkyl halides is 6. The molecule has 2 rings (SSSR count). The normalized spacial score (nSPS) is 15.2. The molecule has 4 nitrogen and oxygen atoms in total. The maximum Gasteiger partial charge on any atom is 0.416 e. The molecule has 0 saturated carbocycles. The lowest BCUT2D eigenvalue weighted by atomic mass is 10.00. The van der Waals surface area contributed by atoms with Gasteiger partial charge in [-0.2, -0.15) is 26.3 Å². The van der Waals surface area contributed by atoms with Gasteiger partial charge in [0.2, 0.25) is 0 Å². The predicted molar refractivity (Wildman–Crippen MR) is 125 cm³/mol. The number of carboxylic acids is 1. The minimum Gasteiger partial charge on any atom is -0.597 e. The third-order valence-corrected chi connectivity index (χ3v) is 7.17. The summed E-state index contributed by atoms with van der Waals surface area (Å²) in [4.78, 5) is 11.3. The number of hydrogen-bond acceptors (Lipinski definition) is 3. The smallest absolute Gasteiger partial charge is 0.416 e. The van der Waals surface area contributed by atoms with Gasteiger partial charge < -0.3 is 9.66 Å². The first-order chi connectivity index (χ1) is 16.4. The van der Waals surface area contributed by atoms with E-state index in [0.717, 1.165) is 24.3 Å². The number of nitrogens with zero attached hydrogens (tertiary/aromatic N) is 1. The fourth-order valence-electron chi connectivity index (χ4n) is 3.31. The van der Waals surface area contributed by atoms with E-state index in [0.29, 0.717) is 11.1 Å². The maximum atomic E-state index is 13.6. The first-order valence-corrected chi connectivity index (χ1v) is 11.9. The van der Waals surface area contributed by atoms with E-state index in [2.05, 4.69) is 0 Å². The zero-order valence-electron chi connectivity index (χ0n) is 20.1. The molecule has 0 bridgehead atoms. The minimum atomic E-state index is -4.57. The fourth-order valence-corrected chi connectivity index (χ4v) is 4.71. The van der Waals surface area contributed by atoms with Crippen LogP contribution in [0, 0.1) is 0 Å². The topological polar surface area (TPSA) is 63.6 Å². The van der Waals surface area contributed by atoms with Crippen molar-refractivity contribution in [3.63, 3.8) is 0 Å². The number of hydrogen-bond donors (Lipinski definition) is 1. The number of carbonyl (C=O) groups is 1. The molecule has 36 heavy (non-hydrogen) atoms. The first-order valence-electron chi connectivity index (χ1n) is 10.8. The largest absolute Gasteiger partial charge is 0.597 e. The molecular weight excluding hydrogens is 508 g/mol. The Balaban J connectivity index is 2.57. The van der Waals surface area contributed by atoms with Crippen molar-refractivity contribution < 1.29 is 40.8 Å². The molecule has 0 aliphatic heterocycles. The lowest BCUT2D eigenvalue weighted by Gasteiger charge is -2.37. The number of benzene rings is 2. The van der Waals surface area contributed by atoms with E-state index in [-0.39, 0.29) is 18.5 Å². The van der Waals surface area contributed by atoms with E-state index < -0.39 is 51.6 Å². The van der Waals surface area contributed by atoms with Crippen molar-refractivity contribution in [1.29, 1.82) is 0 Å². The summed E-state index contributed by atoms with van der Waals surface area (Å²) in [6.07, 6.45) is -7.73. The van der Waals surface area contributed by atoms with Gasteiger partial charge in [0.1, 0.15) is 4.75 Å². The van der Waals surface area contributed by atoms with Gasteiger partial charge in [0.15, 0.2) is 0 Å². The van der Waals surface area contributed by atoms with Crippen LogP contribution in [-0.2, 0) is 35.1 Å². The Bertz CT molecular complexity index is 1060. The molecule has 0 heterocycles. The van der Waals surface area contributed by atoms with Crippen LogP contribution in [0.3, 0.4) is 0 Å². The molecule has 2 atom stereocenters. The van der Waals surface area contributed by atoms with Gasteiger partial charge in [-0.15, -0.1) is 4.31 Å². The highest BCUT2D eigenvalue weighted by molar-refractivity contribution is 7.90. The summed E-state index contributed by atoms with van der Waals surface area (Å²) in [7, 11) is 0. The zero-order chi connectivity index (χ0) is 27.5. The minimum absolute atomic E-state index is 0.00798. The second-order valence-electron chi connectivity index (χ2n) is 9.19. The van der Waals surface area contributed by atoms with Crippen molar-refractivity contribution in [2.45, 2.75) is 63.8 Å². The molecule has 0 fully saturated rings. The maximum absolute atomic E-state index is 13.6. The lowest BCUT2D eigenvalue weighted by Crippen LogP contribution is -2.44. The Kier molecular flexibility index (Phi) is 9.30. The van der Waals surface area contributed by atoms with E-state index in [1.807, 2.05) is 0 Å². The van der Waals surface area contributed by atoms with Crippen molar-refractivity contribution in [3.05, 3.63) is 82.4 Å². The molecule has 0 amide bonds. The highest BCUT2D eigenvalue weighted by Crippen LogP contribution is 2.37. The molecule has 1 N–H and O–H groups in total. The van der Waals surface area contributed by atoms with Crippen LogP contribution in [0.5, 0.6) is 0 Å². The summed E-state index contributed by atoms with van der Waals surface area (Å²) < 4.78 is 92.4. The van der Waals surface area contributed by atoms with Gasteiger partial charge in [-0.05, 0) is 69.5 Å². The van der Waals surface area contributed by atoms with Crippen LogP contribution in [0.4, 0.5) is 26.3 Å². The van der Waals surface area contributed by atoms with Crippen LogP contribution in [0.1, 0.15) is 62.4 Å². The molecule has 0 spiro atoms. The number of carboxylic acid groups (broad SMARTS) is 1. The van der Waals surface area contributed by atoms with Crippen LogP contribution >= 0.6 is 0 Å². The van der Waals surface area contributed by atoms with Crippen LogP contribution in [0.15, 0.2) is 60.2 Å². The summed E-state index contributed by atoms with van der Waals surface area (Å²) >= 11 is -1.76. The van der Waals surface area contributed by atoms with Crippen LogP contribution in [-0.4, -0.2) is 24.7 Å². The molecule has 0 radical (unpaired) electrons. The molecule has 2 unspecified atom stereocenters. The third kappa shape index (κ3) is 8.01. The van der Waals surface area contributed by atoms with Crippen LogP contribution in [0.25, 0.3) is 0 Å². The Morgan fingerprint density at radius 2 is 1.39 bits per heavy atom. The van der Waals surface area contributed by atoms with Crippen molar-refractivity contribution in [3.8, 4) is 0 Å². The van der Waals surface area contributed by atoms with E-state index in [4.69, 9.17) is 0 Å². The Morgan fingerprint density at radius 3 is 1.78 bits per heavy atom. The van der Waals surface area contributed by atoms with Crippen LogP contribution < -0.4 is 0 Å². The summed E-state index contributed by atoms with van der Waals surface area (Å²) in [5.74, 6) is -1.19. The van der Waals surface area contributed by atoms with E-state index in [1.165, 1.54) is 41.6 Å². The van der Waals surface area contributed by atoms with Gasteiger partial charge >= 0.3 is 18.3 Å². The Labute approximate surface area is 208 Å². The molecule has 0 aliphatic carbocycles. The van der Waals surface area contributed by atoms with Crippen LogP contribution in [0.2, 0.25) is 0 Å². The van der Waals surface area contributed by atoms with Crippen molar-refractivity contribution in [2.24, 2.45) is 0 Å². The second kappa shape index (κ2) is 11.3.